The lowest BCUT2D eigenvalue weighted by Crippen LogP contribution is -2.48. The van der Waals surface area contributed by atoms with E-state index >= 15 is 0 Å². The topological polar surface area (TPSA) is 51.2 Å². The van der Waals surface area contributed by atoms with Gasteiger partial charge in [0.1, 0.15) is 12.4 Å². The lowest BCUT2D eigenvalue weighted by molar-refractivity contribution is 0.0628. The number of ether oxygens (including phenoxy) is 3. The molecule has 1 saturated heterocycles. The van der Waals surface area contributed by atoms with Gasteiger partial charge in [-0.3, -0.25) is 9.69 Å². The highest BCUT2D eigenvalue weighted by molar-refractivity contribution is 5.94. The zero-order chi connectivity index (χ0) is 23.0. The Morgan fingerprint density at radius 2 is 1.52 bits per heavy atom. The van der Waals surface area contributed by atoms with Crippen LogP contribution in [0.4, 0.5) is 0 Å². The van der Waals surface area contributed by atoms with Crippen molar-refractivity contribution >= 4 is 5.91 Å². The first-order valence-electron chi connectivity index (χ1n) is 11.2. The molecule has 4 rings (SSSR count). The molecule has 1 amide bonds. The molecule has 1 aliphatic heterocycles. The summed E-state index contributed by atoms with van der Waals surface area (Å²) in [6.07, 6.45) is 0. The summed E-state index contributed by atoms with van der Waals surface area (Å²) in [5, 5.41) is 0. The van der Waals surface area contributed by atoms with E-state index in [1.807, 2.05) is 65.6 Å². The van der Waals surface area contributed by atoms with Gasteiger partial charge in [-0.05, 0) is 47.5 Å². The van der Waals surface area contributed by atoms with Crippen molar-refractivity contribution in [3.8, 4) is 17.2 Å². The average molecular weight is 447 g/mol. The third-order valence-electron chi connectivity index (χ3n) is 5.87. The van der Waals surface area contributed by atoms with Crippen LogP contribution in [0.15, 0.2) is 72.8 Å². The SMILES string of the molecule is COc1ccc(C(=O)N2CCN(Cc3ccc(OC)c(OCc4ccccc4)c3)CC2)cc1. The van der Waals surface area contributed by atoms with Crippen LogP contribution >= 0.6 is 0 Å². The molecule has 0 saturated carbocycles. The van der Waals surface area contributed by atoms with Crippen LogP contribution < -0.4 is 14.2 Å². The fourth-order valence-corrected chi connectivity index (χ4v) is 3.95. The molecule has 0 N–H and O–H groups in total. The van der Waals surface area contributed by atoms with Gasteiger partial charge in [0.25, 0.3) is 5.91 Å². The van der Waals surface area contributed by atoms with Crippen molar-refractivity contribution in [2.75, 3.05) is 40.4 Å². The lowest BCUT2D eigenvalue weighted by atomic mass is 10.1. The highest BCUT2D eigenvalue weighted by atomic mass is 16.5. The quantitative estimate of drug-likeness (QED) is 0.518. The van der Waals surface area contributed by atoms with Gasteiger partial charge >= 0.3 is 0 Å². The number of carbonyl (C=O) groups excluding carboxylic acids is 1. The van der Waals surface area contributed by atoms with Gasteiger partial charge < -0.3 is 19.1 Å². The van der Waals surface area contributed by atoms with Crippen LogP contribution in [0.3, 0.4) is 0 Å². The maximum absolute atomic E-state index is 12.8. The molecule has 1 aliphatic rings. The highest BCUT2D eigenvalue weighted by Gasteiger charge is 2.22. The number of amides is 1. The summed E-state index contributed by atoms with van der Waals surface area (Å²) in [4.78, 5) is 17.1. The summed E-state index contributed by atoms with van der Waals surface area (Å²) in [5.41, 5.74) is 2.97. The van der Waals surface area contributed by atoms with Gasteiger partial charge in [-0.15, -0.1) is 0 Å². The number of carbonyl (C=O) groups is 1. The van der Waals surface area contributed by atoms with Gasteiger partial charge in [0.2, 0.25) is 0 Å². The lowest BCUT2D eigenvalue weighted by Gasteiger charge is -2.35. The van der Waals surface area contributed by atoms with Crippen molar-refractivity contribution in [2.24, 2.45) is 0 Å². The van der Waals surface area contributed by atoms with Gasteiger partial charge in [-0.25, -0.2) is 0 Å². The molecule has 0 aliphatic carbocycles. The number of benzene rings is 3. The molecule has 0 atom stereocenters. The first-order chi connectivity index (χ1) is 16.2. The normalized spacial score (nSPS) is 14.1. The Morgan fingerprint density at radius 3 is 2.18 bits per heavy atom. The monoisotopic (exact) mass is 446 g/mol. The van der Waals surface area contributed by atoms with Crippen molar-refractivity contribution in [2.45, 2.75) is 13.2 Å². The summed E-state index contributed by atoms with van der Waals surface area (Å²) >= 11 is 0. The van der Waals surface area contributed by atoms with Crippen molar-refractivity contribution < 1.29 is 19.0 Å². The largest absolute Gasteiger partial charge is 0.497 e. The zero-order valence-corrected chi connectivity index (χ0v) is 19.2. The molecule has 3 aromatic carbocycles. The second-order valence-electron chi connectivity index (χ2n) is 8.06. The minimum absolute atomic E-state index is 0.0679. The van der Waals surface area contributed by atoms with E-state index in [0.29, 0.717) is 25.3 Å². The first kappa shape index (κ1) is 22.7. The maximum Gasteiger partial charge on any atom is 0.253 e. The third kappa shape index (κ3) is 5.84. The van der Waals surface area contributed by atoms with Crippen molar-refractivity contribution in [1.82, 2.24) is 9.80 Å². The molecule has 3 aromatic rings. The molecule has 33 heavy (non-hydrogen) atoms. The smallest absolute Gasteiger partial charge is 0.253 e. The maximum atomic E-state index is 12.8. The molecule has 1 heterocycles. The van der Waals surface area contributed by atoms with Crippen LogP contribution in [0.5, 0.6) is 17.2 Å². The predicted octanol–water partition coefficient (Wildman–Crippen LogP) is 4.24. The molecule has 0 spiro atoms. The van der Waals surface area contributed by atoms with Crippen LogP contribution in [0.2, 0.25) is 0 Å². The molecule has 0 aromatic heterocycles. The summed E-state index contributed by atoms with van der Waals surface area (Å²) in [6, 6.07) is 23.5. The van der Waals surface area contributed by atoms with Crippen LogP contribution in [-0.2, 0) is 13.2 Å². The van der Waals surface area contributed by atoms with Crippen LogP contribution in [-0.4, -0.2) is 56.1 Å². The van der Waals surface area contributed by atoms with Gasteiger partial charge in [-0.1, -0.05) is 36.4 Å². The highest BCUT2D eigenvalue weighted by Crippen LogP contribution is 2.29. The van der Waals surface area contributed by atoms with E-state index in [1.54, 1.807) is 14.2 Å². The van der Waals surface area contributed by atoms with Gasteiger partial charge in [0.15, 0.2) is 11.5 Å². The van der Waals surface area contributed by atoms with E-state index in [4.69, 9.17) is 14.2 Å². The molecule has 0 unspecified atom stereocenters. The van der Waals surface area contributed by atoms with E-state index in [0.717, 1.165) is 48.0 Å². The van der Waals surface area contributed by atoms with Crippen LogP contribution in [0.1, 0.15) is 21.5 Å². The fourth-order valence-electron chi connectivity index (χ4n) is 3.95. The third-order valence-corrected chi connectivity index (χ3v) is 5.87. The van der Waals surface area contributed by atoms with Crippen molar-refractivity contribution in [3.05, 3.63) is 89.5 Å². The Hall–Kier alpha value is -3.51. The van der Waals surface area contributed by atoms with Crippen LogP contribution in [0.25, 0.3) is 0 Å². The Morgan fingerprint density at radius 1 is 0.788 bits per heavy atom. The summed E-state index contributed by atoms with van der Waals surface area (Å²) in [7, 11) is 3.28. The molecule has 0 bridgehead atoms. The number of methoxy groups -OCH3 is 2. The van der Waals surface area contributed by atoms with Gasteiger partial charge in [-0.2, -0.15) is 0 Å². The van der Waals surface area contributed by atoms with Gasteiger partial charge in [0.05, 0.1) is 14.2 Å². The Balaban J connectivity index is 1.33. The van der Waals surface area contributed by atoms with Crippen molar-refractivity contribution in [3.63, 3.8) is 0 Å². The van der Waals surface area contributed by atoms with E-state index in [2.05, 4.69) is 17.0 Å². The standard InChI is InChI=1S/C27H30N2O4/c1-31-24-11-9-23(10-12-24)27(30)29-16-14-28(15-17-29)19-22-8-13-25(32-2)26(18-22)33-20-21-6-4-3-5-7-21/h3-13,18H,14-17,19-20H2,1-2H3. The van der Waals surface area contributed by atoms with Gasteiger partial charge in [0, 0.05) is 38.3 Å². The summed E-state index contributed by atoms with van der Waals surface area (Å²) in [6.45, 7) is 4.36. The number of rotatable bonds is 8. The molecule has 172 valence electrons. The number of nitrogens with zero attached hydrogens (tertiary/aromatic N) is 2. The molecule has 6 heteroatoms. The summed E-state index contributed by atoms with van der Waals surface area (Å²) < 4.78 is 16.7. The number of hydrogen-bond donors (Lipinski definition) is 0. The number of hydrogen-bond acceptors (Lipinski definition) is 5. The summed E-state index contributed by atoms with van der Waals surface area (Å²) in [5.74, 6) is 2.29. The fraction of sp³-hybridized carbons (Fsp3) is 0.296. The minimum atomic E-state index is 0.0679. The average Bonchev–Trinajstić information content (AvgIpc) is 2.88. The molecule has 0 radical (unpaired) electrons. The number of piperazine rings is 1. The Kier molecular flexibility index (Phi) is 7.47. The van der Waals surface area contributed by atoms with Crippen LogP contribution in [0, 0.1) is 0 Å². The Labute approximate surface area is 195 Å². The minimum Gasteiger partial charge on any atom is -0.497 e. The molecule has 1 fully saturated rings. The zero-order valence-electron chi connectivity index (χ0n) is 19.2. The Bertz CT molecular complexity index is 1050. The van der Waals surface area contributed by atoms with E-state index < -0.39 is 0 Å². The first-order valence-corrected chi connectivity index (χ1v) is 11.2. The van der Waals surface area contributed by atoms with Crippen molar-refractivity contribution in [1.29, 1.82) is 0 Å². The molecule has 6 nitrogen and oxygen atoms in total. The van der Waals surface area contributed by atoms with E-state index in [-0.39, 0.29) is 5.91 Å². The predicted molar refractivity (Wildman–Crippen MR) is 128 cm³/mol. The van der Waals surface area contributed by atoms with E-state index in [9.17, 15) is 4.79 Å². The molecular formula is C27H30N2O4. The molecular weight excluding hydrogens is 416 g/mol. The second-order valence-corrected chi connectivity index (χ2v) is 8.06. The van der Waals surface area contributed by atoms with E-state index in [1.165, 1.54) is 0 Å². The second kappa shape index (κ2) is 10.9.